The monoisotopic (exact) mass is 326 g/mol. The van der Waals surface area contributed by atoms with Gasteiger partial charge in [-0.1, -0.05) is 13.8 Å². The lowest BCUT2D eigenvalue weighted by atomic mass is 10.1. The van der Waals surface area contributed by atoms with Gasteiger partial charge in [-0.15, -0.1) is 11.3 Å². The number of thiazole rings is 1. The number of hydrogen-bond acceptors (Lipinski definition) is 7. The van der Waals surface area contributed by atoms with E-state index >= 15 is 0 Å². The smallest absolute Gasteiger partial charge is 0.149 e. The van der Waals surface area contributed by atoms with Gasteiger partial charge in [-0.25, -0.2) is 4.98 Å². The van der Waals surface area contributed by atoms with Crippen LogP contribution in [0.1, 0.15) is 26.0 Å². The van der Waals surface area contributed by atoms with Gasteiger partial charge in [-0.05, 0) is 30.8 Å². The maximum absolute atomic E-state index is 5.96. The lowest BCUT2D eigenvalue weighted by Gasteiger charge is -2.08. The number of aryl methyl sites for hydroxylation is 1. The SMILES string of the molecule is Cc1csc(-c2c(N)nsc2NCCOCCC(C)C)n1. The third-order valence-corrected chi connectivity index (χ3v) is 4.72. The van der Waals surface area contributed by atoms with Crippen molar-refractivity contribution in [1.82, 2.24) is 9.36 Å². The number of nitrogen functional groups attached to an aromatic ring is 1. The van der Waals surface area contributed by atoms with Crippen molar-refractivity contribution >= 4 is 33.7 Å². The maximum atomic E-state index is 5.96. The molecule has 116 valence electrons. The van der Waals surface area contributed by atoms with Gasteiger partial charge in [-0.2, -0.15) is 4.37 Å². The Morgan fingerprint density at radius 1 is 1.38 bits per heavy atom. The zero-order valence-corrected chi connectivity index (χ0v) is 14.3. The highest BCUT2D eigenvalue weighted by Gasteiger charge is 2.16. The van der Waals surface area contributed by atoms with Crippen molar-refractivity contribution in [3.63, 3.8) is 0 Å². The lowest BCUT2D eigenvalue weighted by Crippen LogP contribution is -2.10. The van der Waals surface area contributed by atoms with E-state index in [1.165, 1.54) is 11.5 Å². The van der Waals surface area contributed by atoms with Gasteiger partial charge < -0.3 is 15.8 Å². The number of anilines is 2. The molecule has 0 aliphatic heterocycles. The van der Waals surface area contributed by atoms with Crippen LogP contribution in [0.3, 0.4) is 0 Å². The third-order valence-electron chi connectivity index (χ3n) is 2.92. The van der Waals surface area contributed by atoms with Gasteiger partial charge in [0.25, 0.3) is 0 Å². The first kappa shape index (κ1) is 16.2. The molecule has 0 radical (unpaired) electrons. The fourth-order valence-corrected chi connectivity index (χ4v) is 3.42. The molecule has 2 aromatic rings. The lowest BCUT2D eigenvalue weighted by molar-refractivity contribution is 0.133. The van der Waals surface area contributed by atoms with E-state index in [1.54, 1.807) is 11.3 Å². The summed E-state index contributed by atoms with van der Waals surface area (Å²) in [7, 11) is 0. The Balaban J connectivity index is 1.87. The Bertz CT molecular complexity index is 565. The third kappa shape index (κ3) is 4.66. The molecule has 0 unspecified atom stereocenters. The fraction of sp³-hybridized carbons (Fsp3) is 0.571. The van der Waals surface area contributed by atoms with E-state index in [0.717, 1.165) is 40.8 Å². The number of aromatic nitrogens is 2. The molecule has 0 aliphatic carbocycles. The minimum Gasteiger partial charge on any atom is -0.382 e. The summed E-state index contributed by atoms with van der Waals surface area (Å²) in [4.78, 5) is 4.49. The average molecular weight is 326 g/mol. The molecule has 0 aromatic carbocycles. The first-order valence-corrected chi connectivity index (χ1v) is 8.72. The molecule has 0 saturated carbocycles. The van der Waals surface area contributed by atoms with Crippen LogP contribution in [-0.4, -0.2) is 29.1 Å². The van der Waals surface area contributed by atoms with Gasteiger partial charge in [0.15, 0.2) is 0 Å². The molecule has 7 heteroatoms. The molecule has 2 heterocycles. The maximum Gasteiger partial charge on any atom is 0.149 e. The summed E-state index contributed by atoms with van der Waals surface area (Å²) < 4.78 is 9.82. The molecule has 0 saturated heterocycles. The first-order valence-electron chi connectivity index (χ1n) is 7.07. The quantitative estimate of drug-likeness (QED) is 0.725. The number of nitrogens with one attached hydrogen (secondary N) is 1. The van der Waals surface area contributed by atoms with Crippen molar-refractivity contribution in [3.8, 4) is 10.6 Å². The molecule has 0 bridgehead atoms. The minimum absolute atomic E-state index is 0.539. The van der Waals surface area contributed by atoms with Crippen LogP contribution < -0.4 is 11.1 Å². The summed E-state index contributed by atoms with van der Waals surface area (Å²) in [6.07, 6.45) is 1.09. The summed E-state index contributed by atoms with van der Waals surface area (Å²) in [6.45, 7) is 8.61. The summed E-state index contributed by atoms with van der Waals surface area (Å²) in [6, 6.07) is 0. The number of nitrogens with two attached hydrogens (primary N) is 1. The summed E-state index contributed by atoms with van der Waals surface area (Å²) in [5, 5.41) is 7.25. The molecule has 5 nitrogen and oxygen atoms in total. The van der Waals surface area contributed by atoms with Crippen LogP contribution in [-0.2, 0) is 4.74 Å². The predicted octanol–water partition coefficient (Wildman–Crippen LogP) is 3.63. The van der Waals surface area contributed by atoms with Crippen molar-refractivity contribution in [2.75, 3.05) is 30.8 Å². The van der Waals surface area contributed by atoms with Crippen LogP contribution in [0.4, 0.5) is 10.8 Å². The largest absolute Gasteiger partial charge is 0.382 e. The first-order chi connectivity index (χ1) is 10.1. The summed E-state index contributed by atoms with van der Waals surface area (Å²) in [5.74, 6) is 1.22. The van der Waals surface area contributed by atoms with Gasteiger partial charge in [0, 0.05) is 24.2 Å². The Labute approximate surface area is 133 Å². The average Bonchev–Trinajstić information content (AvgIpc) is 2.99. The van der Waals surface area contributed by atoms with Gasteiger partial charge in [0.2, 0.25) is 0 Å². The number of ether oxygens (including phenoxy) is 1. The van der Waals surface area contributed by atoms with E-state index in [1.807, 2.05) is 12.3 Å². The molecule has 0 atom stereocenters. The second-order valence-corrected chi connectivity index (χ2v) is 6.92. The standard InChI is InChI=1S/C14H22N4OS2/c1-9(2)4-6-19-7-5-16-13-11(12(15)18-21-13)14-17-10(3)8-20-14/h8-9,16H,4-7H2,1-3H3,(H2,15,18). The van der Waals surface area contributed by atoms with Crippen LogP contribution in [0.15, 0.2) is 5.38 Å². The highest BCUT2D eigenvalue weighted by atomic mass is 32.1. The van der Waals surface area contributed by atoms with Crippen molar-refractivity contribution in [1.29, 1.82) is 0 Å². The van der Waals surface area contributed by atoms with E-state index in [9.17, 15) is 0 Å². The van der Waals surface area contributed by atoms with Crippen LogP contribution in [0.25, 0.3) is 10.6 Å². The van der Waals surface area contributed by atoms with Crippen LogP contribution in [0.5, 0.6) is 0 Å². The molecular formula is C14H22N4OS2. The Morgan fingerprint density at radius 3 is 2.86 bits per heavy atom. The summed E-state index contributed by atoms with van der Waals surface area (Å²) in [5.41, 5.74) is 7.88. The molecule has 0 amide bonds. The highest BCUT2D eigenvalue weighted by molar-refractivity contribution is 7.15. The Morgan fingerprint density at radius 2 is 2.19 bits per heavy atom. The molecule has 21 heavy (non-hydrogen) atoms. The molecule has 2 rings (SSSR count). The molecule has 2 aromatic heterocycles. The van der Waals surface area contributed by atoms with E-state index < -0.39 is 0 Å². The second kappa shape index (κ2) is 7.72. The molecule has 0 aliphatic rings. The van der Waals surface area contributed by atoms with Crippen molar-refractivity contribution in [2.45, 2.75) is 27.2 Å². The van der Waals surface area contributed by atoms with E-state index in [-0.39, 0.29) is 0 Å². The van der Waals surface area contributed by atoms with Crippen molar-refractivity contribution in [2.24, 2.45) is 5.92 Å². The van der Waals surface area contributed by atoms with Crippen molar-refractivity contribution < 1.29 is 4.74 Å². The highest BCUT2D eigenvalue weighted by Crippen LogP contribution is 2.38. The number of rotatable bonds is 8. The fourth-order valence-electron chi connectivity index (χ4n) is 1.76. The van der Waals surface area contributed by atoms with E-state index in [2.05, 4.69) is 28.5 Å². The summed E-state index contributed by atoms with van der Waals surface area (Å²) >= 11 is 2.96. The zero-order valence-electron chi connectivity index (χ0n) is 12.7. The van der Waals surface area contributed by atoms with Gasteiger partial charge in [0.1, 0.15) is 15.8 Å². The van der Waals surface area contributed by atoms with Crippen LogP contribution in [0, 0.1) is 12.8 Å². The van der Waals surface area contributed by atoms with Gasteiger partial charge in [-0.3, -0.25) is 0 Å². The van der Waals surface area contributed by atoms with Crippen molar-refractivity contribution in [3.05, 3.63) is 11.1 Å². The molecule has 0 spiro atoms. The van der Waals surface area contributed by atoms with Gasteiger partial charge in [0.05, 0.1) is 12.2 Å². The van der Waals surface area contributed by atoms with Gasteiger partial charge >= 0.3 is 0 Å². The van der Waals surface area contributed by atoms with Crippen LogP contribution >= 0.6 is 22.9 Å². The number of nitrogens with zero attached hydrogens (tertiary/aromatic N) is 2. The second-order valence-electron chi connectivity index (χ2n) is 5.29. The Hall–Kier alpha value is -1.18. The van der Waals surface area contributed by atoms with E-state index in [0.29, 0.717) is 18.3 Å². The zero-order chi connectivity index (χ0) is 15.2. The molecular weight excluding hydrogens is 304 g/mol. The molecule has 0 fully saturated rings. The topological polar surface area (TPSA) is 73.1 Å². The Kier molecular flexibility index (Phi) is 5.96. The normalized spacial score (nSPS) is 11.2. The molecule has 3 N–H and O–H groups in total. The minimum atomic E-state index is 0.539. The van der Waals surface area contributed by atoms with E-state index in [4.69, 9.17) is 10.5 Å². The number of hydrogen-bond donors (Lipinski definition) is 2. The predicted molar refractivity (Wildman–Crippen MR) is 91.1 cm³/mol. The van der Waals surface area contributed by atoms with Crippen LogP contribution in [0.2, 0.25) is 0 Å².